The number of fused-ring (bicyclic) bond motifs is 1. The Morgan fingerprint density at radius 2 is 1.88 bits per heavy atom. The van der Waals surface area contributed by atoms with Gasteiger partial charge in [-0.1, -0.05) is 12.1 Å². The number of hydrogen-bond acceptors (Lipinski definition) is 6. The monoisotopic (exact) mass is 457 g/mol. The van der Waals surface area contributed by atoms with Crippen molar-refractivity contribution in [3.63, 3.8) is 0 Å². The van der Waals surface area contributed by atoms with Gasteiger partial charge in [0.25, 0.3) is 5.91 Å². The van der Waals surface area contributed by atoms with Gasteiger partial charge in [0.2, 0.25) is 5.75 Å². The first-order valence-electron chi connectivity index (χ1n) is 10.5. The van der Waals surface area contributed by atoms with E-state index in [1.807, 2.05) is 36.6 Å². The van der Waals surface area contributed by atoms with Gasteiger partial charge in [-0.15, -0.1) is 0 Å². The number of methoxy groups -OCH3 is 2. The van der Waals surface area contributed by atoms with Crippen LogP contribution >= 0.6 is 11.8 Å². The van der Waals surface area contributed by atoms with Crippen LogP contribution in [0.4, 0.5) is 0 Å². The Hall–Kier alpha value is -2.87. The number of benzene rings is 2. The summed E-state index contributed by atoms with van der Waals surface area (Å²) in [4.78, 5) is 23.5. The molecule has 0 bridgehead atoms. The second kappa shape index (κ2) is 8.94. The molecule has 2 aliphatic rings. The SMILES string of the molecule is COc1ccc(-c2cccc3c2CNC3=O)c(OCC2(C(CC(=O)O)SC)CC2)c1OC. The van der Waals surface area contributed by atoms with E-state index in [1.165, 1.54) is 0 Å². The molecule has 7 nitrogen and oxygen atoms in total. The van der Waals surface area contributed by atoms with Crippen molar-refractivity contribution in [3.05, 3.63) is 41.5 Å². The van der Waals surface area contributed by atoms with Gasteiger partial charge in [-0.2, -0.15) is 11.8 Å². The van der Waals surface area contributed by atoms with Gasteiger partial charge in [0.05, 0.1) is 27.2 Å². The van der Waals surface area contributed by atoms with Gasteiger partial charge in [0.1, 0.15) is 0 Å². The van der Waals surface area contributed by atoms with Crippen molar-refractivity contribution in [3.8, 4) is 28.4 Å². The number of carboxylic acid groups (broad SMARTS) is 1. The third kappa shape index (κ3) is 3.99. The highest BCUT2D eigenvalue weighted by molar-refractivity contribution is 7.99. The topological polar surface area (TPSA) is 94.1 Å². The minimum absolute atomic E-state index is 0.0251. The van der Waals surface area contributed by atoms with Gasteiger partial charge >= 0.3 is 5.97 Å². The van der Waals surface area contributed by atoms with Crippen LogP contribution in [0.3, 0.4) is 0 Å². The molecule has 8 heteroatoms. The lowest BCUT2D eigenvalue weighted by Gasteiger charge is -2.26. The molecule has 1 aliphatic carbocycles. The zero-order valence-corrected chi connectivity index (χ0v) is 19.2. The molecular formula is C24H27NO6S. The molecule has 1 fully saturated rings. The van der Waals surface area contributed by atoms with Gasteiger partial charge in [-0.25, -0.2) is 0 Å². The quantitative estimate of drug-likeness (QED) is 0.557. The minimum atomic E-state index is -0.799. The van der Waals surface area contributed by atoms with Crippen LogP contribution < -0.4 is 19.5 Å². The maximum atomic E-state index is 12.2. The van der Waals surface area contributed by atoms with Crippen molar-refractivity contribution in [1.29, 1.82) is 0 Å². The summed E-state index contributed by atoms with van der Waals surface area (Å²) in [5.74, 6) is 0.686. The fourth-order valence-electron chi connectivity index (χ4n) is 4.40. The molecule has 1 atom stereocenters. The Morgan fingerprint density at radius 1 is 1.12 bits per heavy atom. The minimum Gasteiger partial charge on any atom is -0.493 e. The number of carbonyl (C=O) groups is 2. The highest BCUT2D eigenvalue weighted by Gasteiger charge is 2.50. The fourth-order valence-corrected chi connectivity index (χ4v) is 5.52. The summed E-state index contributed by atoms with van der Waals surface area (Å²) in [7, 11) is 3.14. The van der Waals surface area contributed by atoms with E-state index in [9.17, 15) is 14.7 Å². The maximum absolute atomic E-state index is 12.2. The third-order valence-corrected chi connectivity index (χ3v) is 7.60. The van der Waals surface area contributed by atoms with Crippen molar-refractivity contribution in [1.82, 2.24) is 5.32 Å². The lowest BCUT2D eigenvalue weighted by atomic mass is 9.95. The Balaban J connectivity index is 1.73. The number of thioether (sulfide) groups is 1. The van der Waals surface area contributed by atoms with E-state index in [4.69, 9.17) is 14.2 Å². The number of carbonyl (C=O) groups excluding carboxylic acids is 1. The number of ether oxygens (including phenoxy) is 3. The van der Waals surface area contributed by atoms with E-state index in [0.29, 0.717) is 36.0 Å². The first-order chi connectivity index (χ1) is 15.4. The second-order valence-corrected chi connectivity index (χ2v) is 9.21. The Morgan fingerprint density at radius 3 is 2.50 bits per heavy atom. The zero-order chi connectivity index (χ0) is 22.9. The molecule has 1 saturated carbocycles. The summed E-state index contributed by atoms with van der Waals surface area (Å²) >= 11 is 1.58. The molecule has 1 aliphatic heterocycles. The summed E-state index contributed by atoms with van der Waals surface area (Å²) in [6.07, 6.45) is 3.90. The molecule has 0 saturated heterocycles. The van der Waals surface area contributed by atoms with E-state index in [1.54, 1.807) is 26.0 Å². The standard InChI is InChI=1S/C24H27NO6S/c1-29-18-8-7-15(14-5-4-6-16-17(14)12-25-23(16)28)21(22(18)30-2)31-13-24(9-10-24)19(32-3)11-20(26)27/h4-8,19H,9-13H2,1-3H3,(H,25,28)(H,26,27). The predicted octanol–water partition coefficient (Wildman–Crippen LogP) is 3.98. The fraction of sp³-hybridized carbons (Fsp3) is 0.417. The van der Waals surface area contributed by atoms with Gasteiger partial charge in [0, 0.05) is 28.3 Å². The van der Waals surface area contributed by atoms with E-state index < -0.39 is 5.97 Å². The Bertz CT molecular complexity index is 1050. The second-order valence-electron chi connectivity index (χ2n) is 8.17. The van der Waals surface area contributed by atoms with Crippen molar-refractivity contribution in [2.45, 2.75) is 31.1 Å². The molecule has 2 aromatic carbocycles. The first-order valence-corrected chi connectivity index (χ1v) is 11.8. The van der Waals surface area contributed by atoms with Gasteiger partial charge in [-0.05, 0) is 48.4 Å². The van der Waals surface area contributed by atoms with Gasteiger partial charge in [0.15, 0.2) is 11.5 Å². The molecule has 0 aromatic heterocycles. The summed E-state index contributed by atoms with van der Waals surface area (Å²) in [6.45, 7) is 0.837. The smallest absolute Gasteiger partial charge is 0.304 e. The highest BCUT2D eigenvalue weighted by Crippen LogP contribution is 2.55. The van der Waals surface area contributed by atoms with Crippen LogP contribution in [0.1, 0.15) is 35.2 Å². The lowest BCUT2D eigenvalue weighted by molar-refractivity contribution is -0.137. The van der Waals surface area contributed by atoms with Crippen LogP contribution in [0.5, 0.6) is 17.2 Å². The van der Waals surface area contributed by atoms with Crippen molar-refractivity contribution in [2.24, 2.45) is 5.41 Å². The van der Waals surface area contributed by atoms with Crippen molar-refractivity contribution in [2.75, 3.05) is 27.1 Å². The lowest BCUT2D eigenvalue weighted by Crippen LogP contribution is -2.28. The molecule has 2 N–H and O–H groups in total. The molecule has 0 radical (unpaired) electrons. The number of carboxylic acids is 1. The molecule has 1 amide bonds. The van der Waals surface area contributed by atoms with E-state index in [-0.39, 0.29) is 23.0 Å². The molecule has 1 heterocycles. The molecule has 1 unspecified atom stereocenters. The molecule has 4 rings (SSSR count). The van der Waals surface area contributed by atoms with Crippen LogP contribution in [-0.2, 0) is 11.3 Å². The van der Waals surface area contributed by atoms with Gasteiger partial charge in [-0.3, -0.25) is 9.59 Å². The number of rotatable bonds is 10. The number of hydrogen-bond donors (Lipinski definition) is 2. The number of amides is 1. The summed E-state index contributed by atoms with van der Waals surface area (Å²) in [5, 5.41) is 12.2. The highest BCUT2D eigenvalue weighted by atomic mass is 32.2. The molecule has 170 valence electrons. The van der Waals surface area contributed by atoms with Crippen LogP contribution in [0.15, 0.2) is 30.3 Å². The van der Waals surface area contributed by atoms with Crippen LogP contribution in [-0.4, -0.2) is 49.3 Å². The van der Waals surface area contributed by atoms with E-state index in [2.05, 4.69) is 5.32 Å². The van der Waals surface area contributed by atoms with Crippen molar-refractivity contribution >= 4 is 23.6 Å². The normalized spacial score (nSPS) is 16.7. The van der Waals surface area contributed by atoms with Crippen LogP contribution in [0, 0.1) is 5.41 Å². The molecule has 2 aromatic rings. The van der Waals surface area contributed by atoms with Gasteiger partial charge < -0.3 is 24.6 Å². The van der Waals surface area contributed by atoms with Crippen LogP contribution in [0.25, 0.3) is 11.1 Å². The Kier molecular flexibility index (Phi) is 6.24. The largest absolute Gasteiger partial charge is 0.493 e. The van der Waals surface area contributed by atoms with E-state index in [0.717, 1.165) is 29.5 Å². The van der Waals surface area contributed by atoms with Crippen LogP contribution in [0.2, 0.25) is 0 Å². The summed E-state index contributed by atoms with van der Waals surface area (Å²) in [6, 6.07) is 9.38. The zero-order valence-electron chi connectivity index (χ0n) is 18.4. The van der Waals surface area contributed by atoms with E-state index >= 15 is 0 Å². The number of aliphatic carboxylic acids is 1. The predicted molar refractivity (Wildman–Crippen MR) is 123 cm³/mol. The molecular weight excluding hydrogens is 430 g/mol. The first kappa shape index (κ1) is 22.3. The summed E-state index contributed by atoms with van der Waals surface area (Å²) < 4.78 is 17.6. The average molecular weight is 458 g/mol. The molecule has 32 heavy (non-hydrogen) atoms. The Labute approximate surface area is 191 Å². The third-order valence-electron chi connectivity index (χ3n) is 6.36. The summed E-state index contributed by atoms with van der Waals surface area (Å²) in [5.41, 5.74) is 3.10. The maximum Gasteiger partial charge on any atom is 0.304 e. The number of nitrogens with one attached hydrogen (secondary N) is 1. The average Bonchev–Trinajstić information content (AvgIpc) is 3.50. The molecule has 0 spiro atoms. The van der Waals surface area contributed by atoms with Crippen molar-refractivity contribution < 1.29 is 28.9 Å².